The van der Waals surface area contributed by atoms with Gasteiger partial charge in [-0.15, -0.1) is 0 Å². The molecule has 1 N–H and O–H groups in total. The smallest absolute Gasteiger partial charge is 0.240 e. The fourth-order valence-corrected chi connectivity index (χ4v) is 3.86. The third-order valence-electron chi connectivity index (χ3n) is 3.91. The number of nitrogens with zero attached hydrogens (tertiary/aromatic N) is 2. The lowest BCUT2D eigenvalue weighted by atomic mass is 9.98. The Bertz CT molecular complexity index is 798. The van der Waals surface area contributed by atoms with Gasteiger partial charge in [-0.2, -0.15) is 5.10 Å². The molecular weight excluding hydrogens is 324 g/mol. The second kappa shape index (κ2) is 6.37. The Morgan fingerprint density at radius 3 is 2.57 bits per heavy atom. The Labute approximate surface area is 133 Å². The lowest BCUT2D eigenvalue weighted by molar-refractivity contribution is 0.535. The molecule has 8 heteroatoms. The molecule has 0 fully saturated rings. The fourth-order valence-electron chi connectivity index (χ4n) is 2.80. The van der Waals surface area contributed by atoms with Gasteiger partial charge in [-0.1, -0.05) is 0 Å². The van der Waals surface area contributed by atoms with Crippen LogP contribution in [0.25, 0.3) is 0 Å². The summed E-state index contributed by atoms with van der Waals surface area (Å²) in [4.78, 5) is -0.419. The number of benzene rings is 1. The number of hydrogen-bond donors (Lipinski definition) is 1. The van der Waals surface area contributed by atoms with Gasteiger partial charge in [-0.25, -0.2) is 21.9 Å². The molecule has 0 aliphatic heterocycles. The van der Waals surface area contributed by atoms with Crippen LogP contribution in [0.15, 0.2) is 29.3 Å². The predicted molar refractivity (Wildman–Crippen MR) is 80.4 cm³/mol. The highest BCUT2D eigenvalue weighted by Gasteiger charge is 2.18. The third-order valence-corrected chi connectivity index (χ3v) is 5.35. The van der Waals surface area contributed by atoms with Crippen molar-refractivity contribution >= 4 is 10.0 Å². The van der Waals surface area contributed by atoms with Crippen LogP contribution in [0, 0.1) is 11.6 Å². The first-order valence-corrected chi connectivity index (χ1v) is 8.93. The summed E-state index contributed by atoms with van der Waals surface area (Å²) >= 11 is 0. The zero-order valence-corrected chi connectivity index (χ0v) is 13.2. The molecule has 0 atom stereocenters. The van der Waals surface area contributed by atoms with E-state index in [1.807, 2.05) is 6.20 Å². The average Bonchev–Trinajstić information content (AvgIpc) is 2.90. The van der Waals surface area contributed by atoms with E-state index >= 15 is 0 Å². The second-order valence-electron chi connectivity index (χ2n) is 5.55. The molecule has 0 saturated heterocycles. The number of aromatic nitrogens is 2. The summed E-state index contributed by atoms with van der Waals surface area (Å²) in [7, 11) is -3.95. The molecule has 124 valence electrons. The molecule has 2 aromatic rings. The highest BCUT2D eigenvalue weighted by atomic mass is 32.2. The lowest BCUT2D eigenvalue weighted by Crippen LogP contribution is -2.28. The van der Waals surface area contributed by atoms with Crippen LogP contribution < -0.4 is 4.72 Å². The predicted octanol–water partition coefficient (Wildman–Crippen LogP) is 2.02. The molecule has 0 radical (unpaired) electrons. The number of hydrogen-bond acceptors (Lipinski definition) is 3. The highest BCUT2D eigenvalue weighted by molar-refractivity contribution is 7.89. The summed E-state index contributed by atoms with van der Waals surface area (Å²) in [6, 6.07) is 2.22. The maximum atomic E-state index is 13.1. The Kier molecular flexibility index (Phi) is 4.45. The SMILES string of the molecule is O=S(=O)(NCCn1ncc2c1CCCC2)c1cc(F)cc(F)c1. The summed E-state index contributed by atoms with van der Waals surface area (Å²) in [6.07, 6.45) is 6.02. The van der Waals surface area contributed by atoms with Gasteiger partial charge in [-0.3, -0.25) is 4.68 Å². The Hall–Kier alpha value is -1.80. The van der Waals surface area contributed by atoms with Crippen LogP contribution in [0.2, 0.25) is 0 Å². The first kappa shape index (κ1) is 16.1. The van der Waals surface area contributed by atoms with Crippen molar-refractivity contribution in [2.45, 2.75) is 37.1 Å². The number of halogens is 2. The molecule has 1 heterocycles. The van der Waals surface area contributed by atoms with Crippen molar-refractivity contribution in [1.82, 2.24) is 14.5 Å². The van der Waals surface area contributed by atoms with Crippen LogP contribution >= 0.6 is 0 Å². The van der Waals surface area contributed by atoms with E-state index in [4.69, 9.17) is 0 Å². The summed E-state index contributed by atoms with van der Waals surface area (Å²) < 4.78 is 54.6. The molecule has 23 heavy (non-hydrogen) atoms. The van der Waals surface area contributed by atoms with E-state index in [1.54, 1.807) is 4.68 Å². The lowest BCUT2D eigenvalue weighted by Gasteiger charge is -2.14. The zero-order valence-electron chi connectivity index (χ0n) is 12.4. The van der Waals surface area contributed by atoms with Crippen LogP contribution in [0.4, 0.5) is 8.78 Å². The van der Waals surface area contributed by atoms with Gasteiger partial charge in [-0.05, 0) is 43.4 Å². The number of fused-ring (bicyclic) bond motifs is 1. The van der Waals surface area contributed by atoms with Gasteiger partial charge in [0.25, 0.3) is 0 Å². The minimum atomic E-state index is -3.95. The van der Waals surface area contributed by atoms with Crippen molar-refractivity contribution in [3.63, 3.8) is 0 Å². The molecule has 1 aromatic carbocycles. The van der Waals surface area contributed by atoms with Gasteiger partial charge >= 0.3 is 0 Å². The molecular formula is C15H17F2N3O2S. The normalized spacial score (nSPS) is 14.7. The van der Waals surface area contributed by atoms with Crippen molar-refractivity contribution in [3.05, 3.63) is 47.3 Å². The van der Waals surface area contributed by atoms with Gasteiger partial charge < -0.3 is 0 Å². The van der Waals surface area contributed by atoms with E-state index in [-0.39, 0.29) is 6.54 Å². The van der Waals surface area contributed by atoms with Crippen LogP contribution in [-0.2, 0) is 29.4 Å². The molecule has 0 saturated carbocycles. The number of sulfonamides is 1. The second-order valence-corrected chi connectivity index (χ2v) is 7.32. The molecule has 0 unspecified atom stereocenters. The van der Waals surface area contributed by atoms with Crippen LogP contribution in [-0.4, -0.2) is 24.7 Å². The summed E-state index contributed by atoms with van der Waals surface area (Å²) in [6.45, 7) is 0.487. The molecule has 0 amide bonds. The van der Waals surface area contributed by atoms with Crippen molar-refractivity contribution in [3.8, 4) is 0 Å². The third kappa shape index (κ3) is 3.59. The maximum absolute atomic E-state index is 13.1. The zero-order chi connectivity index (χ0) is 16.4. The largest absolute Gasteiger partial charge is 0.268 e. The average molecular weight is 341 g/mol. The molecule has 3 rings (SSSR count). The molecule has 5 nitrogen and oxygen atoms in total. The monoisotopic (exact) mass is 341 g/mol. The van der Waals surface area contributed by atoms with E-state index in [9.17, 15) is 17.2 Å². The number of rotatable bonds is 5. The van der Waals surface area contributed by atoms with Gasteiger partial charge in [0.2, 0.25) is 10.0 Å². The molecule has 0 spiro atoms. The maximum Gasteiger partial charge on any atom is 0.240 e. The number of nitrogens with one attached hydrogen (secondary N) is 1. The standard InChI is InChI=1S/C15H17F2N3O2S/c16-12-7-13(17)9-14(8-12)23(21,22)19-5-6-20-15-4-2-1-3-11(15)10-18-20/h7-10,19H,1-6H2. The number of aryl methyl sites for hydroxylation is 1. The Morgan fingerprint density at radius 2 is 1.83 bits per heavy atom. The summed E-state index contributed by atoms with van der Waals surface area (Å²) in [5.41, 5.74) is 2.36. The van der Waals surface area contributed by atoms with Crippen LogP contribution in [0.5, 0.6) is 0 Å². The summed E-state index contributed by atoms with van der Waals surface area (Å²) in [5.74, 6) is -1.85. The van der Waals surface area contributed by atoms with Crippen molar-refractivity contribution in [2.75, 3.05) is 6.54 Å². The van der Waals surface area contributed by atoms with E-state index < -0.39 is 26.6 Å². The van der Waals surface area contributed by atoms with E-state index in [2.05, 4.69) is 9.82 Å². The van der Waals surface area contributed by atoms with Crippen LogP contribution in [0.1, 0.15) is 24.1 Å². The van der Waals surface area contributed by atoms with Gasteiger partial charge in [0.1, 0.15) is 11.6 Å². The Morgan fingerprint density at radius 1 is 1.13 bits per heavy atom. The molecule has 1 aliphatic rings. The fraction of sp³-hybridized carbons (Fsp3) is 0.400. The van der Waals surface area contributed by atoms with Crippen LogP contribution in [0.3, 0.4) is 0 Å². The quantitative estimate of drug-likeness (QED) is 0.905. The van der Waals surface area contributed by atoms with Crippen molar-refractivity contribution < 1.29 is 17.2 Å². The first-order valence-electron chi connectivity index (χ1n) is 7.45. The molecule has 1 aromatic heterocycles. The minimum absolute atomic E-state index is 0.106. The molecule has 0 bridgehead atoms. The highest BCUT2D eigenvalue weighted by Crippen LogP contribution is 2.20. The van der Waals surface area contributed by atoms with Gasteiger partial charge in [0, 0.05) is 18.3 Å². The minimum Gasteiger partial charge on any atom is -0.268 e. The van der Waals surface area contributed by atoms with E-state index in [0.717, 1.165) is 43.5 Å². The topological polar surface area (TPSA) is 64.0 Å². The summed E-state index contributed by atoms with van der Waals surface area (Å²) in [5, 5.41) is 4.28. The van der Waals surface area contributed by atoms with Crippen molar-refractivity contribution in [2.24, 2.45) is 0 Å². The van der Waals surface area contributed by atoms with Gasteiger partial charge in [0.05, 0.1) is 17.6 Å². The van der Waals surface area contributed by atoms with Crippen molar-refractivity contribution in [1.29, 1.82) is 0 Å². The van der Waals surface area contributed by atoms with Gasteiger partial charge in [0.15, 0.2) is 0 Å². The first-order chi connectivity index (χ1) is 11.0. The molecule has 1 aliphatic carbocycles. The Balaban J connectivity index is 1.67. The van der Waals surface area contributed by atoms with E-state index in [0.29, 0.717) is 12.6 Å². The van der Waals surface area contributed by atoms with E-state index in [1.165, 1.54) is 5.56 Å².